The van der Waals surface area contributed by atoms with Gasteiger partial charge in [0.05, 0.1) is 12.2 Å². The Balaban J connectivity index is 3.02. The molecule has 0 saturated carbocycles. The lowest BCUT2D eigenvalue weighted by molar-refractivity contribution is -0.137. The zero-order valence-corrected chi connectivity index (χ0v) is 9.94. The average molecular weight is 262 g/mol. The molecule has 0 fully saturated rings. The first-order chi connectivity index (χ1) is 8.00. The molecule has 5 heteroatoms. The lowest BCUT2D eigenvalue weighted by atomic mass is 10.0. The van der Waals surface area contributed by atoms with Crippen LogP contribution in [0.15, 0.2) is 24.8 Å². The molecule has 0 aliphatic carbocycles. The smallest absolute Gasteiger partial charge is 0.396 e. The van der Waals surface area contributed by atoms with Crippen LogP contribution in [-0.4, -0.2) is 17.5 Å². The topological polar surface area (TPSA) is 20.2 Å². The number of hydrogen-bond acceptors (Lipinski definition) is 2. The molecule has 0 aliphatic heterocycles. The minimum Gasteiger partial charge on any atom is -0.396 e. The molecule has 0 unspecified atom stereocenters. The van der Waals surface area contributed by atoms with Crippen molar-refractivity contribution < 1.29 is 18.3 Å². The van der Waals surface area contributed by atoms with Gasteiger partial charge in [0.15, 0.2) is 0 Å². The highest BCUT2D eigenvalue weighted by atomic mass is 32.2. The minimum atomic E-state index is -4.36. The zero-order chi connectivity index (χ0) is 12.9. The summed E-state index contributed by atoms with van der Waals surface area (Å²) in [5.74, 6) is 0.943. The van der Waals surface area contributed by atoms with E-state index in [1.807, 2.05) is 0 Å². The molecule has 0 bridgehead atoms. The summed E-state index contributed by atoms with van der Waals surface area (Å²) in [6.45, 7) is 3.46. The van der Waals surface area contributed by atoms with Gasteiger partial charge in [0, 0.05) is 11.5 Å². The normalized spacial score (nSPS) is 11.5. The van der Waals surface area contributed by atoms with Crippen LogP contribution < -0.4 is 0 Å². The summed E-state index contributed by atoms with van der Waals surface area (Å²) in [6.07, 6.45) is -3.13. The maximum Gasteiger partial charge on any atom is 0.416 e. The Morgan fingerprint density at radius 1 is 1.35 bits per heavy atom. The molecule has 94 valence electrons. The Morgan fingerprint density at radius 2 is 2.06 bits per heavy atom. The second-order valence-electron chi connectivity index (χ2n) is 3.36. The average Bonchev–Trinajstić information content (AvgIpc) is 2.28. The maximum atomic E-state index is 12.7. The standard InChI is InChI=1S/C12H13F3OS/c1-2-10-9(8-17-7-6-16)4-3-5-11(10)12(13,14)15/h2-5,16H,1,6-8H2. The van der Waals surface area contributed by atoms with Gasteiger partial charge in [-0.05, 0) is 17.2 Å². The van der Waals surface area contributed by atoms with Crippen LogP contribution in [-0.2, 0) is 11.9 Å². The van der Waals surface area contributed by atoms with Crippen molar-refractivity contribution in [3.8, 4) is 0 Å². The second-order valence-corrected chi connectivity index (χ2v) is 4.46. The number of aliphatic hydroxyl groups excluding tert-OH is 1. The van der Waals surface area contributed by atoms with Crippen molar-refractivity contribution in [3.05, 3.63) is 41.5 Å². The van der Waals surface area contributed by atoms with Crippen LogP contribution in [0.3, 0.4) is 0 Å². The molecule has 0 atom stereocenters. The Bertz CT molecular complexity index is 388. The number of alkyl halides is 3. The van der Waals surface area contributed by atoms with Crippen LogP contribution in [0.4, 0.5) is 13.2 Å². The van der Waals surface area contributed by atoms with Crippen molar-refractivity contribution in [2.75, 3.05) is 12.4 Å². The number of benzene rings is 1. The monoisotopic (exact) mass is 262 g/mol. The van der Waals surface area contributed by atoms with Gasteiger partial charge < -0.3 is 5.11 Å². The van der Waals surface area contributed by atoms with E-state index in [1.54, 1.807) is 6.07 Å². The fraction of sp³-hybridized carbons (Fsp3) is 0.333. The zero-order valence-electron chi connectivity index (χ0n) is 9.13. The summed E-state index contributed by atoms with van der Waals surface area (Å²) in [5, 5.41) is 8.63. The third kappa shape index (κ3) is 3.78. The predicted octanol–water partition coefficient (Wildman–Crippen LogP) is 3.57. The summed E-state index contributed by atoms with van der Waals surface area (Å²) in [4.78, 5) is 0. The fourth-order valence-corrected chi connectivity index (χ4v) is 2.22. The van der Waals surface area contributed by atoms with Gasteiger partial charge in [-0.1, -0.05) is 24.8 Å². The first kappa shape index (κ1) is 14.1. The highest BCUT2D eigenvalue weighted by Gasteiger charge is 2.33. The van der Waals surface area contributed by atoms with Crippen molar-refractivity contribution in [2.45, 2.75) is 11.9 Å². The molecule has 0 saturated heterocycles. The number of halogens is 3. The highest BCUT2D eigenvalue weighted by Crippen LogP contribution is 2.34. The summed E-state index contributed by atoms with van der Waals surface area (Å²) in [7, 11) is 0. The molecule has 1 rings (SSSR count). The van der Waals surface area contributed by atoms with Gasteiger partial charge >= 0.3 is 6.18 Å². The third-order valence-corrected chi connectivity index (χ3v) is 3.19. The Labute approximate surface area is 102 Å². The molecular formula is C12H13F3OS. The second kappa shape index (κ2) is 6.12. The van der Waals surface area contributed by atoms with Crippen LogP contribution >= 0.6 is 11.8 Å². The first-order valence-electron chi connectivity index (χ1n) is 5.01. The van der Waals surface area contributed by atoms with Crippen molar-refractivity contribution in [1.29, 1.82) is 0 Å². The molecular weight excluding hydrogens is 249 g/mol. The lowest BCUT2D eigenvalue weighted by Crippen LogP contribution is -2.08. The number of rotatable bonds is 5. The van der Waals surface area contributed by atoms with Crippen LogP contribution in [0.5, 0.6) is 0 Å². The van der Waals surface area contributed by atoms with Crippen molar-refractivity contribution in [1.82, 2.24) is 0 Å². The molecule has 0 radical (unpaired) electrons. The van der Waals surface area contributed by atoms with E-state index < -0.39 is 11.7 Å². The first-order valence-corrected chi connectivity index (χ1v) is 6.16. The predicted molar refractivity (Wildman–Crippen MR) is 64.8 cm³/mol. The SMILES string of the molecule is C=Cc1c(CSCCO)cccc1C(F)(F)F. The highest BCUT2D eigenvalue weighted by molar-refractivity contribution is 7.98. The van der Waals surface area contributed by atoms with E-state index in [-0.39, 0.29) is 12.2 Å². The lowest BCUT2D eigenvalue weighted by Gasteiger charge is -2.14. The van der Waals surface area contributed by atoms with Gasteiger partial charge in [-0.15, -0.1) is 0 Å². The molecule has 1 N–H and O–H groups in total. The van der Waals surface area contributed by atoms with Gasteiger partial charge in [-0.2, -0.15) is 24.9 Å². The van der Waals surface area contributed by atoms with E-state index in [1.165, 1.54) is 23.9 Å². The van der Waals surface area contributed by atoms with Crippen LogP contribution in [0.1, 0.15) is 16.7 Å². The van der Waals surface area contributed by atoms with Gasteiger partial charge in [-0.3, -0.25) is 0 Å². The van der Waals surface area contributed by atoms with E-state index in [2.05, 4.69) is 6.58 Å². The van der Waals surface area contributed by atoms with Crippen molar-refractivity contribution in [2.24, 2.45) is 0 Å². The molecule has 17 heavy (non-hydrogen) atoms. The molecule has 0 aromatic heterocycles. The molecule has 0 aliphatic rings. The number of aliphatic hydroxyl groups is 1. The van der Waals surface area contributed by atoms with Gasteiger partial charge in [0.2, 0.25) is 0 Å². The van der Waals surface area contributed by atoms with Crippen molar-refractivity contribution >= 4 is 17.8 Å². The summed E-state index contributed by atoms with van der Waals surface area (Å²) in [5.41, 5.74) is 0.0633. The van der Waals surface area contributed by atoms with E-state index in [4.69, 9.17) is 5.11 Å². The summed E-state index contributed by atoms with van der Waals surface area (Å²) >= 11 is 1.39. The molecule has 1 aromatic rings. The minimum absolute atomic E-state index is 0.0209. The molecule has 0 heterocycles. The largest absolute Gasteiger partial charge is 0.416 e. The summed E-state index contributed by atoms with van der Waals surface area (Å²) < 4.78 is 38.1. The Morgan fingerprint density at radius 3 is 2.59 bits per heavy atom. The summed E-state index contributed by atoms with van der Waals surface area (Å²) in [6, 6.07) is 4.10. The van der Waals surface area contributed by atoms with E-state index in [9.17, 15) is 13.2 Å². The molecule has 0 spiro atoms. The Kier molecular flexibility index (Phi) is 5.08. The molecule has 1 nitrogen and oxygen atoms in total. The quantitative estimate of drug-likeness (QED) is 0.818. The number of thioether (sulfide) groups is 1. The van der Waals surface area contributed by atoms with E-state index in [0.717, 1.165) is 6.07 Å². The maximum absolute atomic E-state index is 12.7. The van der Waals surface area contributed by atoms with Gasteiger partial charge in [0.1, 0.15) is 0 Å². The van der Waals surface area contributed by atoms with Gasteiger partial charge in [0.25, 0.3) is 0 Å². The number of hydrogen-bond donors (Lipinski definition) is 1. The fourth-order valence-electron chi connectivity index (χ4n) is 1.47. The van der Waals surface area contributed by atoms with Gasteiger partial charge in [-0.25, -0.2) is 0 Å². The van der Waals surface area contributed by atoms with E-state index >= 15 is 0 Å². The third-order valence-electron chi connectivity index (χ3n) is 2.20. The Hall–Kier alpha value is -0.940. The van der Waals surface area contributed by atoms with Crippen LogP contribution in [0, 0.1) is 0 Å². The van der Waals surface area contributed by atoms with Crippen LogP contribution in [0.2, 0.25) is 0 Å². The van der Waals surface area contributed by atoms with E-state index in [0.29, 0.717) is 17.1 Å². The molecule has 1 aromatic carbocycles. The van der Waals surface area contributed by atoms with Crippen molar-refractivity contribution in [3.63, 3.8) is 0 Å². The van der Waals surface area contributed by atoms with Crippen LogP contribution in [0.25, 0.3) is 6.08 Å². The molecule has 0 amide bonds.